The van der Waals surface area contributed by atoms with Crippen molar-refractivity contribution >= 4 is 17.3 Å². The van der Waals surface area contributed by atoms with Crippen LogP contribution in [0.25, 0.3) is 0 Å². The van der Waals surface area contributed by atoms with Gasteiger partial charge in [0, 0.05) is 24.5 Å². The number of anilines is 2. The maximum Gasteiger partial charge on any atom is 0.265 e. The van der Waals surface area contributed by atoms with Crippen molar-refractivity contribution in [3.63, 3.8) is 0 Å². The van der Waals surface area contributed by atoms with Gasteiger partial charge in [-0.05, 0) is 80.6 Å². The van der Waals surface area contributed by atoms with Gasteiger partial charge in [0.2, 0.25) is 0 Å². The largest absolute Gasteiger partial charge is 0.481 e. The Kier molecular flexibility index (Phi) is 5.82. The number of ether oxygens (including phenoxy) is 1. The maximum absolute atomic E-state index is 12.6. The molecule has 26 heavy (non-hydrogen) atoms. The summed E-state index contributed by atoms with van der Waals surface area (Å²) in [4.78, 5) is 15.0. The summed E-state index contributed by atoms with van der Waals surface area (Å²) in [6, 6.07) is 14.0. The molecule has 0 unspecified atom stereocenters. The number of rotatable bonds is 6. The molecule has 2 aromatic rings. The Hall–Kier alpha value is -2.49. The Morgan fingerprint density at radius 3 is 2.38 bits per heavy atom. The lowest BCUT2D eigenvalue weighted by atomic mass is 10.1. The fraction of sp³-hybridized carbons (Fsp3) is 0.409. The molecule has 1 amide bonds. The van der Waals surface area contributed by atoms with Crippen LogP contribution in [-0.4, -0.2) is 25.1 Å². The molecule has 1 heterocycles. The van der Waals surface area contributed by atoms with Crippen LogP contribution in [0.4, 0.5) is 11.4 Å². The summed E-state index contributed by atoms with van der Waals surface area (Å²) in [5.74, 6) is 0.624. The highest BCUT2D eigenvalue weighted by molar-refractivity contribution is 5.94. The first kappa shape index (κ1) is 18.3. The third kappa shape index (κ3) is 4.37. The lowest BCUT2D eigenvalue weighted by molar-refractivity contribution is -0.122. The molecule has 3 rings (SSSR count). The molecule has 0 bridgehead atoms. The molecule has 0 saturated carbocycles. The molecule has 0 aliphatic carbocycles. The van der Waals surface area contributed by atoms with Crippen molar-refractivity contribution in [2.45, 2.75) is 46.1 Å². The Bertz CT molecular complexity index is 749. The maximum atomic E-state index is 12.6. The zero-order valence-corrected chi connectivity index (χ0v) is 15.9. The molecule has 2 aromatic carbocycles. The number of nitrogens with one attached hydrogen (secondary N) is 1. The van der Waals surface area contributed by atoms with Gasteiger partial charge in [-0.3, -0.25) is 4.79 Å². The van der Waals surface area contributed by atoms with Crippen LogP contribution in [0.15, 0.2) is 42.5 Å². The number of aryl methyl sites for hydroxylation is 2. The van der Waals surface area contributed by atoms with E-state index in [1.54, 1.807) is 0 Å². The number of benzene rings is 2. The van der Waals surface area contributed by atoms with Gasteiger partial charge in [-0.1, -0.05) is 13.0 Å². The summed E-state index contributed by atoms with van der Waals surface area (Å²) in [6.07, 6.45) is 2.62. The van der Waals surface area contributed by atoms with Gasteiger partial charge in [-0.15, -0.1) is 0 Å². The summed E-state index contributed by atoms with van der Waals surface area (Å²) in [5.41, 5.74) is 4.40. The second-order valence-corrected chi connectivity index (χ2v) is 6.99. The SMILES string of the molecule is CC[C@H](Oc1ccc(C)c(C)c1)C(=O)Nc1ccc(N2CCCC2)cc1. The van der Waals surface area contributed by atoms with Crippen LogP contribution in [0.5, 0.6) is 5.75 Å². The van der Waals surface area contributed by atoms with Crippen LogP contribution in [-0.2, 0) is 4.79 Å². The average molecular weight is 352 g/mol. The van der Waals surface area contributed by atoms with E-state index in [9.17, 15) is 4.79 Å². The van der Waals surface area contributed by atoms with Crippen molar-refractivity contribution in [2.75, 3.05) is 23.3 Å². The molecular formula is C22H28N2O2. The molecule has 1 atom stereocenters. The predicted molar refractivity (Wildman–Crippen MR) is 107 cm³/mol. The first-order valence-electron chi connectivity index (χ1n) is 9.46. The zero-order chi connectivity index (χ0) is 18.5. The molecule has 0 aromatic heterocycles. The number of carbonyl (C=O) groups excluding carboxylic acids is 1. The van der Waals surface area contributed by atoms with E-state index in [-0.39, 0.29) is 5.91 Å². The highest BCUT2D eigenvalue weighted by atomic mass is 16.5. The van der Waals surface area contributed by atoms with Crippen LogP contribution in [0.2, 0.25) is 0 Å². The first-order valence-corrected chi connectivity index (χ1v) is 9.46. The number of hydrogen-bond donors (Lipinski definition) is 1. The summed E-state index contributed by atoms with van der Waals surface area (Å²) in [7, 11) is 0. The Labute approximate surface area is 156 Å². The number of carbonyl (C=O) groups is 1. The van der Waals surface area contributed by atoms with Gasteiger partial charge in [0.25, 0.3) is 5.91 Å². The van der Waals surface area contributed by atoms with Crippen molar-refractivity contribution < 1.29 is 9.53 Å². The van der Waals surface area contributed by atoms with E-state index in [0.29, 0.717) is 6.42 Å². The van der Waals surface area contributed by atoms with E-state index in [1.165, 1.54) is 24.1 Å². The summed E-state index contributed by atoms with van der Waals surface area (Å²) in [5, 5.41) is 2.97. The lowest BCUT2D eigenvalue weighted by Crippen LogP contribution is -2.32. The molecule has 0 spiro atoms. The summed E-state index contributed by atoms with van der Waals surface area (Å²) >= 11 is 0. The van der Waals surface area contributed by atoms with E-state index >= 15 is 0 Å². The van der Waals surface area contributed by atoms with E-state index in [1.807, 2.05) is 44.2 Å². The first-order chi connectivity index (χ1) is 12.6. The molecular weight excluding hydrogens is 324 g/mol. The van der Waals surface area contributed by atoms with Crippen LogP contribution in [0, 0.1) is 13.8 Å². The smallest absolute Gasteiger partial charge is 0.265 e. The highest BCUT2D eigenvalue weighted by Gasteiger charge is 2.19. The molecule has 0 radical (unpaired) electrons. The van der Waals surface area contributed by atoms with Gasteiger partial charge in [0.1, 0.15) is 5.75 Å². The Morgan fingerprint density at radius 1 is 1.08 bits per heavy atom. The van der Waals surface area contributed by atoms with Crippen molar-refractivity contribution in [2.24, 2.45) is 0 Å². The number of nitrogens with zero attached hydrogens (tertiary/aromatic N) is 1. The molecule has 1 N–H and O–H groups in total. The van der Waals surface area contributed by atoms with Gasteiger partial charge in [-0.25, -0.2) is 0 Å². The zero-order valence-electron chi connectivity index (χ0n) is 15.9. The minimum Gasteiger partial charge on any atom is -0.481 e. The monoisotopic (exact) mass is 352 g/mol. The standard InChI is InChI=1S/C22H28N2O2/c1-4-21(26-20-12-7-16(2)17(3)15-20)22(25)23-18-8-10-19(11-9-18)24-13-5-6-14-24/h7-12,15,21H,4-6,13-14H2,1-3H3,(H,23,25)/t21-/m0/s1. The van der Waals surface area contributed by atoms with E-state index in [4.69, 9.17) is 4.74 Å². The second kappa shape index (κ2) is 8.26. The van der Waals surface area contributed by atoms with Gasteiger partial charge in [-0.2, -0.15) is 0 Å². The minimum atomic E-state index is -0.504. The summed E-state index contributed by atoms with van der Waals surface area (Å²) in [6.45, 7) is 8.31. The second-order valence-electron chi connectivity index (χ2n) is 6.99. The van der Waals surface area contributed by atoms with Crippen molar-refractivity contribution in [3.05, 3.63) is 53.6 Å². The van der Waals surface area contributed by atoms with E-state index < -0.39 is 6.10 Å². The normalized spacial score (nSPS) is 15.0. The Morgan fingerprint density at radius 2 is 1.77 bits per heavy atom. The van der Waals surface area contributed by atoms with Gasteiger partial charge >= 0.3 is 0 Å². The lowest BCUT2D eigenvalue weighted by Gasteiger charge is -2.19. The van der Waals surface area contributed by atoms with Crippen LogP contribution >= 0.6 is 0 Å². The molecule has 1 saturated heterocycles. The van der Waals surface area contributed by atoms with Crippen LogP contribution < -0.4 is 15.0 Å². The van der Waals surface area contributed by atoms with E-state index in [0.717, 1.165) is 30.1 Å². The number of hydrogen-bond acceptors (Lipinski definition) is 3. The van der Waals surface area contributed by atoms with Crippen LogP contribution in [0.1, 0.15) is 37.3 Å². The number of amides is 1. The third-order valence-electron chi connectivity index (χ3n) is 5.03. The third-order valence-corrected chi connectivity index (χ3v) is 5.03. The van der Waals surface area contributed by atoms with Crippen LogP contribution in [0.3, 0.4) is 0 Å². The van der Waals surface area contributed by atoms with Gasteiger partial charge in [0.05, 0.1) is 0 Å². The molecule has 1 fully saturated rings. The molecule has 1 aliphatic heterocycles. The Balaban J connectivity index is 1.62. The topological polar surface area (TPSA) is 41.6 Å². The van der Waals surface area contributed by atoms with Crippen molar-refractivity contribution in [3.8, 4) is 5.75 Å². The fourth-order valence-electron chi connectivity index (χ4n) is 3.23. The predicted octanol–water partition coefficient (Wildman–Crippen LogP) is 4.70. The summed E-state index contributed by atoms with van der Waals surface area (Å²) < 4.78 is 5.92. The fourth-order valence-corrected chi connectivity index (χ4v) is 3.23. The molecule has 138 valence electrons. The van der Waals surface area contributed by atoms with Crippen molar-refractivity contribution in [1.82, 2.24) is 0 Å². The highest BCUT2D eigenvalue weighted by Crippen LogP contribution is 2.23. The average Bonchev–Trinajstić information content (AvgIpc) is 3.18. The molecule has 1 aliphatic rings. The van der Waals surface area contributed by atoms with E-state index in [2.05, 4.69) is 29.3 Å². The molecule has 4 nitrogen and oxygen atoms in total. The van der Waals surface area contributed by atoms with Crippen molar-refractivity contribution in [1.29, 1.82) is 0 Å². The molecule has 4 heteroatoms. The van der Waals surface area contributed by atoms with Gasteiger partial charge < -0.3 is 15.0 Å². The quantitative estimate of drug-likeness (QED) is 0.819. The van der Waals surface area contributed by atoms with Gasteiger partial charge in [0.15, 0.2) is 6.10 Å². The minimum absolute atomic E-state index is 0.111.